The van der Waals surface area contributed by atoms with E-state index in [0.717, 1.165) is 39.1 Å². The number of hydrogen-bond acceptors (Lipinski definition) is 3. The molecule has 538 valence electrons. The van der Waals surface area contributed by atoms with Crippen LogP contribution in [0.15, 0.2) is 206 Å². The van der Waals surface area contributed by atoms with Crippen LogP contribution in [0.25, 0.3) is 134 Å². The number of hydrogen-bond donors (Lipinski definition) is 0. The molecule has 0 saturated heterocycles. The second-order valence-corrected chi connectivity index (χ2v) is 39.6. The topological polar surface area (TPSA) is 48.5 Å². The van der Waals surface area contributed by atoms with Crippen molar-refractivity contribution in [3.8, 4) is 90.0 Å². The first-order chi connectivity index (χ1) is 50.1. The third kappa shape index (κ3) is 12.4. The Balaban J connectivity index is 1.10. The monoisotopic (exact) mass is 1400 g/mol. The molecule has 5 nitrogen and oxygen atoms in total. The van der Waals surface area contributed by atoms with Crippen LogP contribution in [-0.4, -0.2) is 30.8 Å². The zero-order valence-electron chi connectivity index (χ0n) is 67.9. The molecular weight excluding hydrogens is 1290 g/mol. The molecule has 6 heteroatoms. The van der Waals surface area contributed by atoms with Crippen LogP contribution in [0.5, 0.6) is 0 Å². The van der Waals surface area contributed by atoms with Crippen LogP contribution in [0.3, 0.4) is 0 Å². The van der Waals surface area contributed by atoms with Gasteiger partial charge in [-0.25, -0.2) is 15.0 Å². The fourth-order valence-electron chi connectivity index (χ4n) is 16.6. The van der Waals surface area contributed by atoms with Crippen molar-refractivity contribution in [1.29, 1.82) is 0 Å². The van der Waals surface area contributed by atoms with E-state index in [0.29, 0.717) is 17.5 Å². The van der Waals surface area contributed by atoms with Gasteiger partial charge in [-0.1, -0.05) is 312 Å². The third-order valence-corrected chi connectivity index (χ3v) is 23.3. The van der Waals surface area contributed by atoms with Gasteiger partial charge in [-0.3, -0.25) is 0 Å². The second-order valence-electron chi connectivity index (χ2n) is 39.6. The van der Waals surface area contributed by atoms with Gasteiger partial charge in [0.1, 0.15) is 0 Å². The highest BCUT2D eigenvalue weighted by Gasteiger charge is 2.43. The number of fused-ring (bicyclic) bond motifs is 10. The predicted molar refractivity (Wildman–Crippen MR) is 461 cm³/mol. The summed E-state index contributed by atoms with van der Waals surface area (Å²) in [5.41, 5.74) is 32.6. The lowest BCUT2D eigenvalue weighted by atomic mass is 9.34. The van der Waals surface area contributed by atoms with Gasteiger partial charge in [0.25, 0.3) is 6.71 Å². The Morgan fingerprint density at radius 2 is 0.514 bits per heavy atom. The summed E-state index contributed by atoms with van der Waals surface area (Å²) in [5, 5.41) is 4.94. The highest BCUT2D eigenvalue weighted by molar-refractivity contribution is 7.00. The van der Waals surface area contributed by atoms with E-state index in [-0.39, 0.29) is 50.0 Å². The van der Waals surface area contributed by atoms with Gasteiger partial charge in [0, 0.05) is 60.6 Å². The first-order valence-electron chi connectivity index (χ1n) is 39.0. The van der Waals surface area contributed by atoms with Crippen molar-refractivity contribution >= 4 is 66.7 Å². The Bertz CT molecular complexity index is 5510. The molecule has 2 aliphatic rings. The summed E-state index contributed by atoms with van der Waals surface area (Å²) in [6.45, 7) is 55.9. The van der Waals surface area contributed by atoms with Gasteiger partial charge in [0.15, 0.2) is 17.5 Å². The Labute approximate surface area is 637 Å². The lowest BCUT2D eigenvalue weighted by molar-refractivity contribution is 0.568. The van der Waals surface area contributed by atoms with E-state index in [1.165, 1.54) is 138 Å². The van der Waals surface area contributed by atoms with E-state index in [1.807, 2.05) is 0 Å². The Hall–Kier alpha value is -9.91. The molecule has 107 heavy (non-hydrogen) atoms. The van der Waals surface area contributed by atoms with Gasteiger partial charge in [-0.05, 0) is 209 Å². The normalized spacial score (nSPS) is 13.6. The molecule has 0 atom stereocenters. The van der Waals surface area contributed by atoms with Crippen molar-refractivity contribution < 1.29 is 0 Å². The third-order valence-electron chi connectivity index (χ3n) is 23.3. The lowest BCUT2D eigenvalue weighted by Gasteiger charge is -2.34. The summed E-state index contributed by atoms with van der Waals surface area (Å²) in [5.74, 6) is 1.92. The van der Waals surface area contributed by atoms with Gasteiger partial charge in [-0.2, -0.15) is 0 Å². The van der Waals surface area contributed by atoms with Gasteiger partial charge in [0.05, 0.1) is 11.0 Å². The van der Waals surface area contributed by atoms with Crippen LogP contribution in [0.2, 0.25) is 0 Å². The number of nitrogens with zero attached hydrogens (tertiary/aromatic N) is 5. The average Bonchev–Trinajstić information content (AvgIpc) is 1.54. The number of aromatic nitrogens is 5. The Kier molecular flexibility index (Phi) is 16.2. The highest BCUT2D eigenvalue weighted by atomic mass is 15.1. The van der Waals surface area contributed by atoms with Crippen molar-refractivity contribution in [2.45, 2.75) is 209 Å². The molecule has 11 aromatic carbocycles. The first kappa shape index (κ1) is 71.4. The van der Waals surface area contributed by atoms with Crippen molar-refractivity contribution in [3.05, 3.63) is 251 Å². The minimum Gasteiger partial charge on any atom is -0.310 e. The highest BCUT2D eigenvalue weighted by Crippen LogP contribution is 2.49. The van der Waals surface area contributed by atoms with E-state index in [4.69, 9.17) is 15.0 Å². The molecular formula is C101H106BN5. The smallest absolute Gasteiger partial charge is 0.252 e. The molecule has 0 bridgehead atoms. The summed E-state index contributed by atoms with van der Waals surface area (Å²) < 4.78 is 5.32. The largest absolute Gasteiger partial charge is 0.310 e. The van der Waals surface area contributed by atoms with Gasteiger partial charge < -0.3 is 9.13 Å². The average molecular weight is 1400 g/mol. The van der Waals surface area contributed by atoms with Crippen LogP contribution in [-0.2, 0) is 43.3 Å². The summed E-state index contributed by atoms with van der Waals surface area (Å²) in [4.78, 5) is 17.5. The van der Waals surface area contributed by atoms with Gasteiger partial charge in [0.2, 0.25) is 0 Å². The molecule has 2 aliphatic heterocycles. The molecule has 0 radical (unpaired) electrons. The predicted octanol–water partition coefficient (Wildman–Crippen LogP) is 25.3. The SMILES string of the molecule is CC(C)(C)c1cc(-c2nc(-c3cc(C(C)(C)C)cc(C(C)(C)C)c3)nc(-c3cc4c5c(c3)-n3c6ccc(-c7ccccc7)cc6c6c(-c7cc(C(C)(C)C)cc(C(C)(C)C)c7)ccc(c63)B5c3ccc(-c5cc(C(C)(C)C)cc(C(C)(C)C)c5)c5c6cc(-c7ccccc7)ccc6n-4c35)n2)cc(C(C)(C)C)c1. The van der Waals surface area contributed by atoms with Crippen LogP contribution in [0.1, 0.15) is 211 Å². The maximum atomic E-state index is 5.91. The first-order valence-corrected chi connectivity index (χ1v) is 39.0. The summed E-state index contributed by atoms with van der Waals surface area (Å²) in [7, 11) is 0. The van der Waals surface area contributed by atoms with Crippen molar-refractivity contribution in [2.24, 2.45) is 0 Å². The fourth-order valence-corrected chi connectivity index (χ4v) is 16.6. The Morgan fingerprint density at radius 3 is 0.794 bits per heavy atom. The molecule has 0 amide bonds. The van der Waals surface area contributed by atoms with Crippen LogP contribution in [0.4, 0.5) is 0 Å². The van der Waals surface area contributed by atoms with E-state index in [1.54, 1.807) is 0 Å². The molecule has 0 unspecified atom stereocenters. The Morgan fingerprint density at radius 1 is 0.243 bits per heavy atom. The minimum absolute atomic E-state index is 0.105. The molecule has 5 heterocycles. The van der Waals surface area contributed by atoms with Crippen molar-refractivity contribution in [1.82, 2.24) is 24.1 Å². The van der Waals surface area contributed by atoms with Gasteiger partial charge in [-0.15, -0.1) is 0 Å². The molecule has 14 aromatic rings. The fraction of sp³-hybridized carbons (Fsp3) is 0.317. The summed E-state index contributed by atoms with van der Waals surface area (Å²) in [6.07, 6.45) is 0. The van der Waals surface area contributed by atoms with E-state index >= 15 is 0 Å². The van der Waals surface area contributed by atoms with Gasteiger partial charge >= 0.3 is 0 Å². The summed E-state index contributed by atoms with van der Waals surface area (Å²) in [6, 6.07) is 80.4. The minimum atomic E-state index is -0.188. The maximum Gasteiger partial charge on any atom is 0.252 e. The molecule has 3 aromatic heterocycles. The number of rotatable bonds is 7. The summed E-state index contributed by atoms with van der Waals surface area (Å²) >= 11 is 0. The van der Waals surface area contributed by atoms with E-state index in [9.17, 15) is 0 Å². The van der Waals surface area contributed by atoms with E-state index in [2.05, 4.69) is 382 Å². The lowest BCUT2D eigenvalue weighted by Crippen LogP contribution is -2.59. The molecule has 0 aliphatic carbocycles. The van der Waals surface area contributed by atoms with Crippen LogP contribution in [0, 0.1) is 0 Å². The molecule has 0 spiro atoms. The zero-order valence-corrected chi connectivity index (χ0v) is 67.9. The van der Waals surface area contributed by atoms with E-state index < -0.39 is 0 Å². The standard InChI is InChI=1S/C101H106BN5/c1-94(2,3)68-43-63(44-69(55-68)95(4,5)6)76-37-39-80-89-86(76)78-51-61(59-31-27-25-28-32-59)35-41-82(78)106(89)84-53-67(93-104-91(65-47-72(98(13,14)15)57-73(48-65)99(16,17)18)103-92(105-93)66-49-74(100(19,20)21)58-75(50-66)101(22,23)24)54-85-88(84)102(80)81-40-38-77(64-45-70(96(7,8)9)56-71(46-64)97(10,11)12)87-79-52-62(60-33-29-26-30-34-60)36-42-83(79)107(85)90(81)87/h25-58H,1-24H3. The molecule has 0 N–H and O–H groups in total. The second kappa shape index (κ2) is 24.3. The quantitative estimate of drug-likeness (QED) is 0.149. The molecule has 0 fully saturated rings. The van der Waals surface area contributed by atoms with Crippen LogP contribution < -0.4 is 16.4 Å². The number of benzene rings is 11. The maximum absolute atomic E-state index is 5.91. The molecule has 0 saturated carbocycles. The van der Waals surface area contributed by atoms with Crippen LogP contribution >= 0.6 is 0 Å². The zero-order chi connectivity index (χ0) is 76.1. The van der Waals surface area contributed by atoms with Crippen molar-refractivity contribution in [3.63, 3.8) is 0 Å². The molecule has 16 rings (SSSR count). The van der Waals surface area contributed by atoms with Crippen molar-refractivity contribution in [2.75, 3.05) is 0 Å².